The van der Waals surface area contributed by atoms with Gasteiger partial charge in [-0.15, -0.1) is 5.01 Å². The Hall–Kier alpha value is -0.750. The van der Waals surface area contributed by atoms with E-state index in [1.54, 1.807) is 14.0 Å². The summed E-state index contributed by atoms with van der Waals surface area (Å²) in [6, 6.07) is -0.243. The predicted molar refractivity (Wildman–Crippen MR) is 54.3 cm³/mol. The number of likely N-dealkylation sites (N-methyl/N-ethyl adjacent to an activating group) is 1. The number of rotatable bonds is 6. The lowest BCUT2D eigenvalue weighted by atomic mass is 10.1. The molecule has 2 N–H and O–H groups in total. The van der Waals surface area contributed by atoms with E-state index in [2.05, 4.69) is 10.1 Å². The molecule has 6 nitrogen and oxygen atoms in total. The van der Waals surface area contributed by atoms with Gasteiger partial charge in [0, 0.05) is 0 Å². The summed E-state index contributed by atoms with van der Waals surface area (Å²) in [5.74, 6) is 0.165. The molecule has 0 rings (SSSR count). The van der Waals surface area contributed by atoms with Crippen molar-refractivity contribution >= 4 is 11.6 Å². The molecule has 90 valence electrons. The highest BCUT2D eigenvalue weighted by Crippen LogP contribution is 2.08. The Morgan fingerprint density at radius 2 is 2.00 bits per heavy atom. The number of hydrogen-bond acceptors (Lipinski definition) is 3. The summed E-state index contributed by atoms with van der Waals surface area (Å²) in [4.78, 5) is 5.17. The number of nitrogens with zero attached hydrogens (tertiary/aromatic N) is 3. The minimum Gasteiger partial charge on any atom is -0.394 e. The van der Waals surface area contributed by atoms with Gasteiger partial charge >= 0.3 is 0 Å². The van der Waals surface area contributed by atoms with Crippen LogP contribution in [0.4, 0.5) is 0 Å². The zero-order chi connectivity index (χ0) is 12.0. The maximum Gasteiger partial charge on any atom is 0.275 e. The lowest BCUT2D eigenvalue weighted by molar-refractivity contribution is -0.943. The molecule has 0 spiro atoms. The molecule has 0 heterocycles. The van der Waals surface area contributed by atoms with Gasteiger partial charge in [0.05, 0.1) is 13.7 Å². The highest BCUT2D eigenvalue weighted by molar-refractivity contribution is 6.19. The van der Waals surface area contributed by atoms with Crippen molar-refractivity contribution in [1.29, 1.82) is 0 Å². The smallest absolute Gasteiger partial charge is 0.275 e. The van der Waals surface area contributed by atoms with Gasteiger partial charge in [-0.25, -0.2) is 5.21 Å². The van der Waals surface area contributed by atoms with E-state index in [-0.39, 0.29) is 18.6 Å². The van der Waals surface area contributed by atoms with Crippen molar-refractivity contribution in [2.24, 2.45) is 11.2 Å². The molecule has 0 aliphatic carbocycles. The van der Waals surface area contributed by atoms with Gasteiger partial charge in [-0.1, -0.05) is 25.4 Å². The highest BCUT2D eigenvalue weighted by Gasteiger charge is 2.27. The van der Waals surface area contributed by atoms with E-state index in [9.17, 15) is 5.21 Å². The fourth-order valence-corrected chi connectivity index (χ4v) is 1.09. The van der Waals surface area contributed by atoms with Gasteiger partial charge in [-0.3, -0.25) is 0 Å². The Kier molecular flexibility index (Phi) is 6.35. The minimum absolute atomic E-state index is 0.0861. The first-order valence-electron chi connectivity index (χ1n) is 4.73. The van der Waals surface area contributed by atoms with Crippen molar-refractivity contribution in [3.63, 3.8) is 0 Å². The minimum atomic E-state index is -0.625. The number of aliphatic hydroxyl groups is 1. The number of hydrazine groups is 1. The molecule has 0 saturated heterocycles. The van der Waals surface area contributed by atoms with Crippen LogP contribution in [0, 0.1) is 5.92 Å². The Morgan fingerprint density at radius 3 is 2.33 bits per heavy atom. The second kappa shape index (κ2) is 6.68. The normalized spacial score (nSPS) is 16.3. The van der Waals surface area contributed by atoms with E-state index in [0.29, 0.717) is 4.97 Å². The van der Waals surface area contributed by atoms with Crippen LogP contribution < -0.4 is 0 Å². The van der Waals surface area contributed by atoms with Crippen LogP contribution in [-0.4, -0.2) is 45.6 Å². The Balaban J connectivity index is 4.39. The third-order valence-electron chi connectivity index (χ3n) is 1.98. The fourth-order valence-electron chi connectivity index (χ4n) is 1.06. The van der Waals surface area contributed by atoms with Gasteiger partial charge in [-0.05, 0) is 12.8 Å². The Bertz CT molecular complexity index is 211. The third kappa shape index (κ3) is 5.03. The summed E-state index contributed by atoms with van der Waals surface area (Å²) in [5, 5.41) is 23.2. The van der Waals surface area contributed by atoms with E-state index in [1.165, 1.54) is 5.01 Å². The van der Waals surface area contributed by atoms with Crippen LogP contribution in [0.15, 0.2) is 5.28 Å². The topological polar surface area (TPSA) is 68.3 Å². The highest BCUT2D eigenvalue weighted by atomic mass is 35.5. The molecule has 0 radical (unpaired) electrons. The number of aliphatic hydroxyl groups excluding tert-OH is 1. The zero-order valence-electron chi connectivity index (χ0n) is 9.46. The van der Waals surface area contributed by atoms with Gasteiger partial charge < -0.3 is 9.94 Å². The summed E-state index contributed by atoms with van der Waals surface area (Å²) in [5.41, 5.74) is -0.625. The van der Waals surface area contributed by atoms with Gasteiger partial charge in [0.25, 0.3) is 10.2 Å². The first kappa shape index (κ1) is 14.2. The van der Waals surface area contributed by atoms with E-state index in [1.807, 2.05) is 13.8 Å². The molecule has 0 amide bonds. The Morgan fingerprint density at radius 1 is 1.47 bits per heavy atom. The largest absolute Gasteiger partial charge is 0.394 e. The number of hydrogen-bond donors (Lipinski definition) is 2. The van der Waals surface area contributed by atoms with Crippen molar-refractivity contribution in [1.82, 2.24) is 5.01 Å². The van der Waals surface area contributed by atoms with Crippen LogP contribution in [-0.2, 0) is 4.84 Å². The Labute approximate surface area is 94.6 Å². The second-order valence-electron chi connectivity index (χ2n) is 3.57. The molecule has 0 aliphatic rings. The quantitative estimate of drug-likeness (QED) is 0.317. The molecule has 0 aliphatic heterocycles. The third-order valence-corrected chi connectivity index (χ3v) is 2.06. The van der Waals surface area contributed by atoms with Crippen molar-refractivity contribution < 1.29 is 20.1 Å². The van der Waals surface area contributed by atoms with Crippen molar-refractivity contribution in [2.75, 3.05) is 13.7 Å². The SMILES string of the molecule is CC(Cl)O/N=[N+](\O)N(C)[C@H](CO)C(C)C. The molecule has 1 unspecified atom stereocenters. The van der Waals surface area contributed by atoms with E-state index in [0.717, 1.165) is 0 Å². The first-order valence-corrected chi connectivity index (χ1v) is 5.17. The molecule has 0 fully saturated rings. The average Bonchev–Trinajstić information content (AvgIpc) is 2.14. The van der Waals surface area contributed by atoms with Crippen molar-refractivity contribution in [2.45, 2.75) is 32.4 Å². The van der Waals surface area contributed by atoms with Crippen LogP contribution in [0.25, 0.3) is 0 Å². The van der Waals surface area contributed by atoms with Crippen LogP contribution >= 0.6 is 11.6 Å². The van der Waals surface area contributed by atoms with Crippen LogP contribution in [0.1, 0.15) is 20.8 Å². The lowest BCUT2D eigenvalue weighted by Crippen LogP contribution is -2.43. The lowest BCUT2D eigenvalue weighted by Gasteiger charge is -2.21. The van der Waals surface area contributed by atoms with Crippen molar-refractivity contribution in [3.8, 4) is 0 Å². The van der Waals surface area contributed by atoms with E-state index in [4.69, 9.17) is 16.7 Å². The molecular formula is C8H19ClN3O3+. The summed E-state index contributed by atoms with van der Waals surface area (Å²) < 4.78 is 0. The molecule has 0 bridgehead atoms. The standard InChI is InChI=1S/C8H19ClN3O3/c1-6(2)8(5-13)11(4)12(14)10-15-7(3)9/h6-8,13H,5H2,1-4H3,(H,10,14)/q+1/t7?,8-/m1/s1. The number of alkyl halides is 1. The summed E-state index contributed by atoms with van der Waals surface area (Å²) in [7, 11) is 1.59. The van der Waals surface area contributed by atoms with Crippen molar-refractivity contribution in [3.05, 3.63) is 0 Å². The molecule has 7 heteroatoms. The molecule has 15 heavy (non-hydrogen) atoms. The van der Waals surface area contributed by atoms with Crippen LogP contribution in [0.5, 0.6) is 0 Å². The van der Waals surface area contributed by atoms with Crippen LogP contribution in [0.3, 0.4) is 0 Å². The van der Waals surface area contributed by atoms with E-state index < -0.39 is 5.56 Å². The molecule has 0 aromatic rings. The van der Waals surface area contributed by atoms with E-state index >= 15 is 0 Å². The molecule has 0 aromatic heterocycles. The molecule has 2 atom stereocenters. The van der Waals surface area contributed by atoms with Gasteiger partial charge in [0.15, 0.2) is 0 Å². The molecule has 0 aromatic carbocycles. The summed E-state index contributed by atoms with van der Waals surface area (Å²) >= 11 is 5.48. The zero-order valence-corrected chi connectivity index (χ0v) is 10.2. The van der Waals surface area contributed by atoms with Gasteiger partial charge in [0.2, 0.25) is 5.56 Å². The van der Waals surface area contributed by atoms with Gasteiger partial charge in [-0.2, -0.15) is 0 Å². The number of halogens is 1. The maximum atomic E-state index is 9.41. The molecule has 0 saturated carbocycles. The molecular weight excluding hydrogens is 222 g/mol. The summed E-state index contributed by atoms with van der Waals surface area (Å²) in [6.45, 7) is 5.34. The fraction of sp³-hybridized carbons (Fsp3) is 1.00. The predicted octanol–water partition coefficient (Wildman–Crippen LogP) is 1.22. The van der Waals surface area contributed by atoms with Crippen LogP contribution in [0.2, 0.25) is 0 Å². The summed E-state index contributed by atoms with van der Waals surface area (Å²) in [6.07, 6.45) is 0. The monoisotopic (exact) mass is 240 g/mol. The first-order chi connectivity index (χ1) is 6.90. The second-order valence-corrected chi connectivity index (χ2v) is 4.18. The average molecular weight is 241 g/mol. The van der Waals surface area contributed by atoms with Gasteiger partial charge in [0.1, 0.15) is 6.04 Å². The maximum absolute atomic E-state index is 9.41.